The van der Waals surface area contributed by atoms with Crippen molar-refractivity contribution in [2.45, 2.75) is 32.2 Å². The number of hydrogen-bond acceptors (Lipinski definition) is 5. The first-order chi connectivity index (χ1) is 10.2. The van der Waals surface area contributed by atoms with E-state index in [0.717, 1.165) is 45.7 Å². The number of aryl methyl sites for hydroxylation is 1. The second-order valence-corrected chi connectivity index (χ2v) is 6.10. The minimum atomic E-state index is -0.130. The van der Waals surface area contributed by atoms with Gasteiger partial charge in [0.15, 0.2) is 5.69 Å². The van der Waals surface area contributed by atoms with E-state index < -0.39 is 0 Å². The van der Waals surface area contributed by atoms with Crippen LogP contribution < -0.4 is 5.32 Å². The molecule has 0 saturated carbocycles. The number of likely N-dealkylation sites (tertiary alicyclic amines) is 1. The van der Waals surface area contributed by atoms with Gasteiger partial charge in [-0.05, 0) is 32.1 Å². The van der Waals surface area contributed by atoms with Gasteiger partial charge in [0.25, 0.3) is 5.91 Å². The van der Waals surface area contributed by atoms with Crippen LogP contribution in [-0.4, -0.2) is 54.9 Å². The zero-order valence-electron chi connectivity index (χ0n) is 12.5. The highest BCUT2D eigenvalue weighted by atomic mass is 16.5. The number of nitrogens with zero attached hydrogens (tertiary/aromatic N) is 2. The van der Waals surface area contributed by atoms with E-state index in [1.807, 2.05) is 0 Å². The van der Waals surface area contributed by atoms with Gasteiger partial charge in [0.05, 0.1) is 6.61 Å². The molecule has 2 aliphatic rings. The lowest BCUT2D eigenvalue weighted by Crippen LogP contribution is -2.45. The Bertz CT molecular complexity index is 474. The van der Waals surface area contributed by atoms with E-state index in [4.69, 9.17) is 9.26 Å². The average Bonchev–Trinajstić information content (AvgIpc) is 3.12. The van der Waals surface area contributed by atoms with E-state index in [1.165, 1.54) is 6.42 Å². The largest absolute Gasteiger partial charge is 0.381 e. The van der Waals surface area contributed by atoms with Gasteiger partial charge in [0.1, 0.15) is 5.76 Å². The monoisotopic (exact) mass is 293 g/mol. The molecule has 6 heteroatoms. The molecule has 0 aromatic carbocycles. The summed E-state index contributed by atoms with van der Waals surface area (Å²) in [5, 5.41) is 6.80. The molecule has 0 bridgehead atoms. The number of piperidine rings is 1. The fraction of sp³-hybridized carbons (Fsp3) is 0.733. The van der Waals surface area contributed by atoms with Crippen molar-refractivity contribution in [1.82, 2.24) is 15.4 Å². The summed E-state index contributed by atoms with van der Waals surface area (Å²) >= 11 is 0. The van der Waals surface area contributed by atoms with E-state index in [0.29, 0.717) is 17.4 Å². The van der Waals surface area contributed by atoms with Crippen molar-refractivity contribution >= 4 is 5.91 Å². The van der Waals surface area contributed by atoms with Crippen LogP contribution >= 0.6 is 0 Å². The van der Waals surface area contributed by atoms with Crippen molar-refractivity contribution < 1.29 is 14.1 Å². The van der Waals surface area contributed by atoms with Crippen LogP contribution in [0.2, 0.25) is 0 Å². The summed E-state index contributed by atoms with van der Waals surface area (Å²) in [4.78, 5) is 14.5. The van der Waals surface area contributed by atoms with Crippen LogP contribution in [-0.2, 0) is 4.74 Å². The number of ether oxygens (including phenoxy) is 1. The van der Waals surface area contributed by atoms with Crippen molar-refractivity contribution in [3.8, 4) is 0 Å². The number of carbonyl (C=O) groups is 1. The van der Waals surface area contributed by atoms with Crippen molar-refractivity contribution in [1.29, 1.82) is 0 Å². The van der Waals surface area contributed by atoms with Gasteiger partial charge in [-0.1, -0.05) is 5.16 Å². The van der Waals surface area contributed by atoms with Gasteiger partial charge in [0, 0.05) is 38.3 Å². The second-order valence-electron chi connectivity index (χ2n) is 6.10. The van der Waals surface area contributed by atoms with Crippen molar-refractivity contribution in [2.75, 3.05) is 32.8 Å². The Morgan fingerprint density at radius 1 is 1.43 bits per heavy atom. The van der Waals surface area contributed by atoms with Gasteiger partial charge in [0.2, 0.25) is 0 Å². The zero-order chi connectivity index (χ0) is 14.7. The molecule has 21 heavy (non-hydrogen) atoms. The molecule has 1 aromatic heterocycles. The van der Waals surface area contributed by atoms with Crippen LogP contribution in [0.15, 0.2) is 10.6 Å². The quantitative estimate of drug-likeness (QED) is 0.904. The van der Waals surface area contributed by atoms with Gasteiger partial charge in [-0.3, -0.25) is 4.79 Å². The van der Waals surface area contributed by atoms with E-state index in [2.05, 4.69) is 15.4 Å². The topological polar surface area (TPSA) is 67.6 Å². The van der Waals surface area contributed by atoms with E-state index in [-0.39, 0.29) is 11.9 Å². The third-order valence-corrected chi connectivity index (χ3v) is 4.32. The number of nitrogens with one attached hydrogen (secondary N) is 1. The van der Waals surface area contributed by atoms with Crippen LogP contribution in [0.1, 0.15) is 35.5 Å². The summed E-state index contributed by atoms with van der Waals surface area (Å²) in [5.74, 6) is 1.22. The maximum Gasteiger partial charge on any atom is 0.273 e. The number of hydrogen-bond donors (Lipinski definition) is 1. The number of carbonyl (C=O) groups excluding carboxylic acids is 1. The molecule has 1 unspecified atom stereocenters. The molecule has 2 saturated heterocycles. The standard InChI is InChI=1S/C15H23N3O3/c1-11-8-14(17-21-11)15(19)16-13-2-5-18(6-3-13)9-12-4-7-20-10-12/h8,12-13H,2-7,9-10H2,1H3,(H,16,19). The summed E-state index contributed by atoms with van der Waals surface area (Å²) in [7, 11) is 0. The van der Waals surface area contributed by atoms with Crippen LogP contribution in [0.25, 0.3) is 0 Å². The first-order valence-corrected chi connectivity index (χ1v) is 7.75. The lowest BCUT2D eigenvalue weighted by Gasteiger charge is -2.33. The molecule has 0 radical (unpaired) electrons. The van der Waals surface area contributed by atoms with E-state index in [1.54, 1.807) is 13.0 Å². The first-order valence-electron chi connectivity index (χ1n) is 7.75. The normalized spacial score (nSPS) is 24.3. The molecule has 116 valence electrons. The molecule has 6 nitrogen and oxygen atoms in total. The lowest BCUT2D eigenvalue weighted by atomic mass is 10.0. The van der Waals surface area contributed by atoms with Crippen molar-refractivity contribution in [2.24, 2.45) is 5.92 Å². The predicted molar refractivity (Wildman–Crippen MR) is 77.1 cm³/mol. The van der Waals surface area contributed by atoms with Gasteiger partial charge >= 0.3 is 0 Å². The minimum Gasteiger partial charge on any atom is -0.381 e. The van der Waals surface area contributed by atoms with Gasteiger partial charge in [-0.25, -0.2) is 0 Å². The molecule has 2 fully saturated rings. The Labute approximate surface area is 124 Å². The Morgan fingerprint density at radius 3 is 2.86 bits per heavy atom. The summed E-state index contributed by atoms with van der Waals surface area (Å²) in [6.45, 7) is 6.81. The SMILES string of the molecule is Cc1cc(C(=O)NC2CCN(CC3CCOC3)CC2)no1. The van der Waals surface area contributed by atoms with Gasteiger partial charge in [-0.15, -0.1) is 0 Å². The number of rotatable bonds is 4. The molecule has 0 spiro atoms. The smallest absolute Gasteiger partial charge is 0.273 e. The molecule has 1 N–H and O–H groups in total. The van der Waals surface area contributed by atoms with E-state index in [9.17, 15) is 4.79 Å². The highest BCUT2D eigenvalue weighted by Gasteiger charge is 2.25. The minimum absolute atomic E-state index is 0.130. The Hall–Kier alpha value is -1.40. The Balaban J connectivity index is 1.42. The fourth-order valence-electron chi connectivity index (χ4n) is 3.09. The second kappa shape index (κ2) is 6.58. The predicted octanol–water partition coefficient (Wildman–Crippen LogP) is 1.21. The summed E-state index contributed by atoms with van der Waals surface area (Å²) in [6, 6.07) is 1.91. The number of aromatic nitrogens is 1. The highest BCUT2D eigenvalue weighted by molar-refractivity contribution is 5.92. The fourth-order valence-corrected chi connectivity index (χ4v) is 3.09. The molecule has 0 aliphatic carbocycles. The van der Waals surface area contributed by atoms with Crippen LogP contribution in [0.5, 0.6) is 0 Å². The summed E-state index contributed by atoms with van der Waals surface area (Å²) in [5.41, 5.74) is 0.373. The third-order valence-electron chi connectivity index (χ3n) is 4.32. The maximum atomic E-state index is 12.0. The maximum absolute atomic E-state index is 12.0. The van der Waals surface area contributed by atoms with Crippen molar-refractivity contribution in [3.05, 3.63) is 17.5 Å². The van der Waals surface area contributed by atoms with Crippen LogP contribution in [0.3, 0.4) is 0 Å². The summed E-state index contributed by atoms with van der Waals surface area (Å²) < 4.78 is 10.4. The molecule has 1 atom stereocenters. The number of amides is 1. The summed E-state index contributed by atoms with van der Waals surface area (Å²) in [6.07, 6.45) is 3.18. The van der Waals surface area contributed by atoms with Crippen LogP contribution in [0, 0.1) is 12.8 Å². The molecule has 3 heterocycles. The molecule has 3 rings (SSSR count). The molecular formula is C15H23N3O3. The zero-order valence-corrected chi connectivity index (χ0v) is 12.5. The molecule has 2 aliphatic heterocycles. The van der Waals surface area contributed by atoms with Gasteiger partial charge < -0.3 is 19.5 Å². The average molecular weight is 293 g/mol. The van der Waals surface area contributed by atoms with E-state index >= 15 is 0 Å². The van der Waals surface area contributed by atoms with Crippen LogP contribution in [0.4, 0.5) is 0 Å². The Morgan fingerprint density at radius 2 is 2.24 bits per heavy atom. The Kier molecular flexibility index (Phi) is 4.55. The first kappa shape index (κ1) is 14.5. The molecule has 1 aromatic rings. The highest BCUT2D eigenvalue weighted by Crippen LogP contribution is 2.18. The van der Waals surface area contributed by atoms with Gasteiger partial charge in [-0.2, -0.15) is 0 Å². The van der Waals surface area contributed by atoms with Crippen molar-refractivity contribution in [3.63, 3.8) is 0 Å². The third kappa shape index (κ3) is 3.83. The lowest BCUT2D eigenvalue weighted by molar-refractivity contribution is 0.0894. The molecular weight excluding hydrogens is 270 g/mol. The molecule has 1 amide bonds.